The van der Waals surface area contributed by atoms with Crippen LogP contribution < -0.4 is 10.1 Å². The Balaban J connectivity index is 2.01. The Bertz CT molecular complexity index is 678. The van der Waals surface area contributed by atoms with Crippen LogP contribution in [0.15, 0.2) is 18.2 Å². The molecule has 2 unspecified atom stereocenters. The maximum Gasteiger partial charge on any atom is 0.317 e. The van der Waals surface area contributed by atoms with Gasteiger partial charge in [0.15, 0.2) is 5.75 Å². The molecule has 0 aliphatic carbocycles. The van der Waals surface area contributed by atoms with Gasteiger partial charge in [-0.05, 0) is 24.0 Å². The molecule has 1 aromatic carbocycles. The van der Waals surface area contributed by atoms with Crippen molar-refractivity contribution < 1.29 is 24.4 Å². The largest absolute Gasteiger partial charge is 0.490 e. The molecule has 2 N–H and O–H groups in total. The molecule has 1 fully saturated rings. The smallest absolute Gasteiger partial charge is 0.317 e. The maximum atomic E-state index is 12.3. The quantitative estimate of drug-likeness (QED) is 0.617. The molecule has 0 aromatic heterocycles. The van der Waals surface area contributed by atoms with E-state index in [0.717, 1.165) is 0 Å². The Labute approximate surface area is 144 Å². The van der Waals surface area contributed by atoms with Crippen molar-refractivity contribution in [1.82, 2.24) is 10.2 Å². The van der Waals surface area contributed by atoms with Gasteiger partial charge < -0.3 is 20.1 Å². The standard InChI is InChI=1S/C16H21N3O6/c1-10-5-12(15(20)21)9-18(8-10)16(22)17-7-11-3-4-14(25-2)13(6-11)19(23)24/h3-4,6,10,12H,5,7-9H2,1-2H3,(H,17,22)(H,20,21). The van der Waals surface area contributed by atoms with Gasteiger partial charge in [-0.1, -0.05) is 13.0 Å². The second-order valence-electron chi connectivity index (χ2n) is 6.20. The first-order valence-electron chi connectivity index (χ1n) is 7.88. The van der Waals surface area contributed by atoms with Gasteiger partial charge in [-0.3, -0.25) is 14.9 Å². The lowest BCUT2D eigenvalue weighted by atomic mass is 9.91. The summed E-state index contributed by atoms with van der Waals surface area (Å²) in [5.74, 6) is -1.23. The molecule has 0 saturated carbocycles. The third kappa shape index (κ3) is 4.59. The number of carbonyl (C=O) groups is 2. The van der Waals surface area contributed by atoms with Crippen LogP contribution >= 0.6 is 0 Å². The number of nitro groups is 1. The number of nitrogens with zero attached hydrogens (tertiary/aromatic N) is 2. The molecule has 2 atom stereocenters. The number of amides is 2. The number of ether oxygens (including phenoxy) is 1. The van der Waals surface area contributed by atoms with E-state index in [0.29, 0.717) is 18.5 Å². The van der Waals surface area contributed by atoms with Crippen molar-refractivity contribution in [2.24, 2.45) is 11.8 Å². The summed E-state index contributed by atoms with van der Waals surface area (Å²) in [6, 6.07) is 4.07. The minimum Gasteiger partial charge on any atom is -0.490 e. The first-order chi connectivity index (χ1) is 11.8. The highest BCUT2D eigenvalue weighted by atomic mass is 16.6. The average molecular weight is 351 g/mol. The number of aliphatic carboxylic acids is 1. The highest BCUT2D eigenvalue weighted by molar-refractivity contribution is 5.76. The highest BCUT2D eigenvalue weighted by Crippen LogP contribution is 2.27. The fourth-order valence-electron chi connectivity index (χ4n) is 2.97. The molecule has 9 heteroatoms. The number of carboxylic acids is 1. The van der Waals surface area contributed by atoms with Gasteiger partial charge in [0, 0.05) is 25.7 Å². The van der Waals surface area contributed by atoms with Crippen molar-refractivity contribution in [2.45, 2.75) is 19.9 Å². The van der Waals surface area contributed by atoms with Gasteiger partial charge in [-0.25, -0.2) is 4.79 Å². The lowest BCUT2D eigenvalue weighted by Crippen LogP contribution is -2.49. The second kappa shape index (κ2) is 7.82. The molecule has 0 radical (unpaired) electrons. The van der Waals surface area contributed by atoms with Crippen LogP contribution in [-0.4, -0.2) is 47.1 Å². The Morgan fingerprint density at radius 1 is 1.44 bits per heavy atom. The van der Waals surface area contributed by atoms with E-state index < -0.39 is 16.8 Å². The molecular formula is C16H21N3O6. The minimum atomic E-state index is -0.907. The van der Waals surface area contributed by atoms with Crippen molar-refractivity contribution in [3.8, 4) is 5.75 Å². The molecule has 0 bridgehead atoms. The lowest BCUT2D eigenvalue weighted by Gasteiger charge is -2.34. The van der Waals surface area contributed by atoms with Gasteiger partial charge >= 0.3 is 17.7 Å². The number of carboxylic acid groups (broad SMARTS) is 1. The van der Waals surface area contributed by atoms with Crippen LogP contribution in [-0.2, 0) is 11.3 Å². The van der Waals surface area contributed by atoms with Crippen LogP contribution in [0.25, 0.3) is 0 Å². The van der Waals surface area contributed by atoms with Gasteiger partial charge in [0.1, 0.15) is 0 Å². The molecule has 2 rings (SSSR count). The van der Waals surface area contributed by atoms with E-state index in [1.807, 2.05) is 6.92 Å². The van der Waals surface area contributed by atoms with Gasteiger partial charge in [0.25, 0.3) is 0 Å². The minimum absolute atomic E-state index is 0.0997. The molecule has 25 heavy (non-hydrogen) atoms. The average Bonchev–Trinajstić information content (AvgIpc) is 2.58. The van der Waals surface area contributed by atoms with Gasteiger partial charge in [-0.2, -0.15) is 0 Å². The van der Waals surface area contributed by atoms with E-state index in [1.54, 1.807) is 6.07 Å². The highest BCUT2D eigenvalue weighted by Gasteiger charge is 2.31. The summed E-state index contributed by atoms with van der Waals surface area (Å²) >= 11 is 0. The van der Waals surface area contributed by atoms with Crippen LogP contribution in [0, 0.1) is 22.0 Å². The van der Waals surface area contributed by atoms with Crippen molar-refractivity contribution in [2.75, 3.05) is 20.2 Å². The summed E-state index contributed by atoms with van der Waals surface area (Å²) < 4.78 is 4.94. The van der Waals surface area contributed by atoms with E-state index in [2.05, 4.69) is 5.32 Å². The van der Waals surface area contributed by atoms with Crippen LogP contribution in [0.4, 0.5) is 10.5 Å². The molecule has 0 spiro atoms. The Hall–Kier alpha value is -2.84. The number of hydrogen-bond acceptors (Lipinski definition) is 5. The van der Waals surface area contributed by atoms with Crippen molar-refractivity contribution in [1.29, 1.82) is 0 Å². The molecule has 1 aliphatic rings. The number of likely N-dealkylation sites (tertiary alicyclic amines) is 1. The third-order valence-electron chi connectivity index (χ3n) is 4.18. The number of nitrogens with one attached hydrogen (secondary N) is 1. The van der Waals surface area contributed by atoms with Gasteiger partial charge in [-0.15, -0.1) is 0 Å². The summed E-state index contributed by atoms with van der Waals surface area (Å²) in [7, 11) is 1.35. The number of carbonyl (C=O) groups excluding carboxylic acids is 1. The van der Waals surface area contributed by atoms with E-state index in [-0.39, 0.29) is 36.5 Å². The van der Waals surface area contributed by atoms with E-state index in [4.69, 9.17) is 9.84 Å². The van der Waals surface area contributed by atoms with Crippen molar-refractivity contribution >= 4 is 17.7 Å². The van der Waals surface area contributed by atoms with Crippen LogP contribution in [0.2, 0.25) is 0 Å². The summed E-state index contributed by atoms with van der Waals surface area (Å²) in [5, 5.41) is 22.9. The number of rotatable bonds is 5. The molecular weight excluding hydrogens is 330 g/mol. The molecule has 9 nitrogen and oxygen atoms in total. The normalized spacial score (nSPS) is 20.0. The predicted molar refractivity (Wildman–Crippen MR) is 88.4 cm³/mol. The van der Waals surface area contributed by atoms with Crippen molar-refractivity contribution in [3.63, 3.8) is 0 Å². The second-order valence-corrected chi connectivity index (χ2v) is 6.20. The molecule has 2 amide bonds. The number of hydrogen-bond donors (Lipinski definition) is 2. The first kappa shape index (κ1) is 18.5. The number of methoxy groups -OCH3 is 1. The summed E-state index contributed by atoms with van der Waals surface area (Å²) in [6.07, 6.45) is 0.545. The number of piperidine rings is 1. The Kier molecular flexibility index (Phi) is 5.79. The van der Waals surface area contributed by atoms with Gasteiger partial charge in [0.2, 0.25) is 0 Å². The number of urea groups is 1. The lowest BCUT2D eigenvalue weighted by molar-refractivity contribution is -0.385. The van der Waals surface area contributed by atoms with Crippen molar-refractivity contribution in [3.05, 3.63) is 33.9 Å². The molecule has 1 aliphatic heterocycles. The molecule has 1 heterocycles. The fraction of sp³-hybridized carbons (Fsp3) is 0.500. The van der Waals surface area contributed by atoms with Crippen LogP contribution in [0.1, 0.15) is 18.9 Å². The summed E-state index contributed by atoms with van der Waals surface area (Å²) in [5.41, 5.74) is 0.382. The first-order valence-corrected chi connectivity index (χ1v) is 7.88. The topological polar surface area (TPSA) is 122 Å². The maximum absolute atomic E-state index is 12.3. The van der Waals surface area contributed by atoms with E-state index in [9.17, 15) is 19.7 Å². The zero-order chi connectivity index (χ0) is 18.6. The van der Waals surface area contributed by atoms with E-state index >= 15 is 0 Å². The molecule has 136 valence electrons. The van der Waals surface area contributed by atoms with E-state index in [1.165, 1.54) is 24.1 Å². The monoisotopic (exact) mass is 351 g/mol. The summed E-state index contributed by atoms with van der Waals surface area (Å²) in [6.45, 7) is 2.65. The Morgan fingerprint density at radius 2 is 2.16 bits per heavy atom. The fourth-order valence-corrected chi connectivity index (χ4v) is 2.97. The van der Waals surface area contributed by atoms with Crippen LogP contribution in [0.5, 0.6) is 5.75 Å². The number of nitro benzene ring substituents is 1. The zero-order valence-corrected chi connectivity index (χ0v) is 14.1. The summed E-state index contributed by atoms with van der Waals surface area (Å²) in [4.78, 5) is 35.4. The third-order valence-corrected chi connectivity index (χ3v) is 4.18. The molecule has 1 saturated heterocycles. The Morgan fingerprint density at radius 3 is 2.76 bits per heavy atom. The predicted octanol–water partition coefficient (Wildman–Crippen LogP) is 1.86. The molecule has 1 aromatic rings. The SMILES string of the molecule is COc1ccc(CNC(=O)N2CC(C)CC(C(=O)O)C2)cc1[N+](=O)[O-]. The number of benzene rings is 1. The zero-order valence-electron chi connectivity index (χ0n) is 14.1. The van der Waals surface area contributed by atoms with Gasteiger partial charge in [0.05, 0.1) is 18.0 Å². The van der Waals surface area contributed by atoms with Crippen LogP contribution in [0.3, 0.4) is 0 Å².